The number of rotatable bonds is 3. The first kappa shape index (κ1) is 15.5. The number of ether oxygens (including phenoxy) is 1. The number of aromatic nitrogens is 2. The molecule has 1 unspecified atom stereocenters. The number of hydrogen-bond donors (Lipinski definition) is 2. The largest absolute Gasteiger partial charge is 0.381 e. The summed E-state index contributed by atoms with van der Waals surface area (Å²) >= 11 is 0. The number of carbonyl (C=O) groups is 1. The van der Waals surface area contributed by atoms with Crippen LogP contribution in [0.2, 0.25) is 0 Å². The van der Waals surface area contributed by atoms with Crippen molar-refractivity contribution in [1.29, 1.82) is 0 Å². The lowest BCUT2D eigenvalue weighted by Gasteiger charge is -2.25. The van der Waals surface area contributed by atoms with Crippen molar-refractivity contribution in [3.8, 4) is 0 Å². The molecule has 0 aromatic carbocycles. The Morgan fingerprint density at radius 1 is 1.45 bits per heavy atom. The molecule has 1 aromatic rings. The Labute approximate surface area is 131 Å². The molecule has 3 rings (SSSR count). The fraction of sp³-hybridized carbons (Fsp3) is 0.750. The van der Waals surface area contributed by atoms with Gasteiger partial charge in [-0.3, -0.25) is 9.48 Å². The van der Waals surface area contributed by atoms with Gasteiger partial charge < -0.3 is 15.4 Å². The zero-order chi connectivity index (χ0) is 15.7. The van der Waals surface area contributed by atoms with Crippen molar-refractivity contribution in [3.63, 3.8) is 0 Å². The van der Waals surface area contributed by atoms with Crippen LogP contribution in [0.4, 0.5) is 5.82 Å². The maximum Gasteiger partial charge on any atom is 0.243 e. The maximum absolute atomic E-state index is 12.5. The summed E-state index contributed by atoms with van der Waals surface area (Å²) in [4.78, 5) is 12.5. The number of anilines is 1. The molecule has 0 saturated carbocycles. The van der Waals surface area contributed by atoms with Gasteiger partial charge >= 0.3 is 0 Å². The average molecular weight is 306 g/mol. The van der Waals surface area contributed by atoms with Crippen molar-refractivity contribution in [2.75, 3.05) is 25.1 Å². The Balaban J connectivity index is 1.70. The topological polar surface area (TPSA) is 68.2 Å². The standard InChI is InChI=1S/C16H26N4O2/c1-16(2)6-7-17-14(16)15(21)18-13-10-12(19-20(13)3)11-4-8-22-9-5-11/h10-11,14,17H,4-9H2,1-3H3,(H,18,21). The lowest BCUT2D eigenvalue weighted by molar-refractivity contribution is -0.119. The second-order valence-corrected chi connectivity index (χ2v) is 7.08. The van der Waals surface area contributed by atoms with Gasteiger partial charge in [-0.1, -0.05) is 13.8 Å². The zero-order valence-corrected chi connectivity index (χ0v) is 13.7. The van der Waals surface area contributed by atoms with Crippen molar-refractivity contribution in [3.05, 3.63) is 11.8 Å². The molecule has 2 aliphatic heterocycles. The normalized spacial score (nSPS) is 25.3. The van der Waals surface area contributed by atoms with E-state index in [1.165, 1.54) is 0 Å². The molecule has 2 fully saturated rings. The number of amides is 1. The third-order valence-electron chi connectivity index (χ3n) is 4.95. The van der Waals surface area contributed by atoms with Gasteiger partial charge in [-0.2, -0.15) is 5.10 Å². The van der Waals surface area contributed by atoms with Gasteiger partial charge in [0.05, 0.1) is 11.7 Å². The molecule has 0 bridgehead atoms. The van der Waals surface area contributed by atoms with Crippen molar-refractivity contribution >= 4 is 11.7 Å². The molecule has 2 saturated heterocycles. The van der Waals surface area contributed by atoms with E-state index in [1.54, 1.807) is 4.68 Å². The van der Waals surface area contributed by atoms with Crippen molar-refractivity contribution in [1.82, 2.24) is 15.1 Å². The lowest BCUT2D eigenvalue weighted by Crippen LogP contribution is -2.43. The Morgan fingerprint density at radius 3 is 2.82 bits per heavy atom. The van der Waals surface area contributed by atoms with E-state index in [9.17, 15) is 4.79 Å². The van der Waals surface area contributed by atoms with E-state index in [4.69, 9.17) is 4.74 Å². The second kappa shape index (κ2) is 6.01. The van der Waals surface area contributed by atoms with Gasteiger partial charge in [0, 0.05) is 32.2 Å². The Hall–Kier alpha value is -1.40. The molecular weight excluding hydrogens is 280 g/mol. The highest BCUT2D eigenvalue weighted by Gasteiger charge is 2.39. The molecule has 2 N–H and O–H groups in total. The molecule has 3 heterocycles. The molecule has 0 aliphatic carbocycles. The third kappa shape index (κ3) is 3.03. The molecule has 122 valence electrons. The minimum atomic E-state index is -0.145. The summed E-state index contributed by atoms with van der Waals surface area (Å²) in [5.74, 6) is 1.24. The second-order valence-electron chi connectivity index (χ2n) is 7.08. The molecular formula is C16H26N4O2. The molecule has 1 aromatic heterocycles. The average Bonchev–Trinajstić information content (AvgIpc) is 3.03. The fourth-order valence-electron chi connectivity index (χ4n) is 3.40. The molecule has 2 aliphatic rings. The van der Waals surface area contributed by atoms with Gasteiger partial charge in [-0.05, 0) is 31.2 Å². The smallest absolute Gasteiger partial charge is 0.243 e. The van der Waals surface area contributed by atoms with Crippen LogP contribution in [0.15, 0.2) is 6.07 Å². The molecule has 1 atom stereocenters. The van der Waals surface area contributed by atoms with Crippen LogP contribution in [-0.4, -0.2) is 41.5 Å². The third-order valence-corrected chi connectivity index (χ3v) is 4.95. The Kier molecular flexibility index (Phi) is 4.23. The van der Waals surface area contributed by atoms with E-state index in [0.29, 0.717) is 5.92 Å². The van der Waals surface area contributed by atoms with Crippen LogP contribution in [0, 0.1) is 5.41 Å². The summed E-state index contributed by atoms with van der Waals surface area (Å²) < 4.78 is 7.17. The number of aryl methyl sites for hydroxylation is 1. The summed E-state index contributed by atoms with van der Waals surface area (Å²) in [7, 11) is 1.88. The van der Waals surface area contributed by atoms with Gasteiger partial charge in [-0.15, -0.1) is 0 Å². The first-order chi connectivity index (χ1) is 10.5. The van der Waals surface area contributed by atoms with Crippen LogP contribution in [0.5, 0.6) is 0 Å². The van der Waals surface area contributed by atoms with Crippen molar-refractivity contribution in [2.24, 2.45) is 12.5 Å². The lowest BCUT2D eigenvalue weighted by atomic mass is 9.84. The van der Waals surface area contributed by atoms with E-state index in [0.717, 1.165) is 50.5 Å². The minimum absolute atomic E-state index is 0.00772. The van der Waals surface area contributed by atoms with Crippen molar-refractivity contribution < 1.29 is 9.53 Å². The highest BCUT2D eigenvalue weighted by Crippen LogP contribution is 2.31. The number of nitrogens with zero attached hydrogens (tertiary/aromatic N) is 2. The summed E-state index contributed by atoms with van der Waals surface area (Å²) in [6, 6.07) is 1.87. The van der Waals surface area contributed by atoms with E-state index >= 15 is 0 Å². The predicted octanol–water partition coefficient (Wildman–Crippen LogP) is 1.64. The van der Waals surface area contributed by atoms with Crippen molar-refractivity contribution in [2.45, 2.75) is 45.1 Å². The summed E-state index contributed by atoms with van der Waals surface area (Å²) in [6.07, 6.45) is 3.02. The molecule has 0 radical (unpaired) electrons. The highest BCUT2D eigenvalue weighted by molar-refractivity contribution is 5.95. The highest BCUT2D eigenvalue weighted by atomic mass is 16.5. The van der Waals surface area contributed by atoms with E-state index in [2.05, 4.69) is 29.6 Å². The van der Waals surface area contributed by atoms with E-state index in [1.807, 2.05) is 13.1 Å². The number of nitrogens with one attached hydrogen (secondary N) is 2. The maximum atomic E-state index is 12.5. The molecule has 6 nitrogen and oxygen atoms in total. The van der Waals surface area contributed by atoms with E-state index in [-0.39, 0.29) is 17.4 Å². The predicted molar refractivity (Wildman–Crippen MR) is 84.8 cm³/mol. The summed E-state index contributed by atoms with van der Waals surface area (Å²) in [5, 5.41) is 10.9. The Morgan fingerprint density at radius 2 is 2.18 bits per heavy atom. The van der Waals surface area contributed by atoms with Gasteiger partial charge in [0.2, 0.25) is 5.91 Å². The first-order valence-corrected chi connectivity index (χ1v) is 8.13. The summed E-state index contributed by atoms with van der Waals surface area (Å²) in [6.45, 7) is 6.75. The van der Waals surface area contributed by atoms with Crippen LogP contribution in [0.1, 0.15) is 44.7 Å². The van der Waals surface area contributed by atoms with Crippen LogP contribution < -0.4 is 10.6 Å². The zero-order valence-electron chi connectivity index (χ0n) is 13.7. The van der Waals surface area contributed by atoms with Gasteiger partial charge in [0.25, 0.3) is 0 Å². The van der Waals surface area contributed by atoms with E-state index < -0.39 is 0 Å². The summed E-state index contributed by atoms with van der Waals surface area (Å²) in [5.41, 5.74) is 1.05. The van der Waals surface area contributed by atoms with Gasteiger partial charge in [0.15, 0.2) is 0 Å². The molecule has 0 spiro atoms. The Bertz CT molecular complexity index is 546. The van der Waals surface area contributed by atoms with Gasteiger partial charge in [0.1, 0.15) is 5.82 Å². The van der Waals surface area contributed by atoms with Gasteiger partial charge in [-0.25, -0.2) is 0 Å². The van der Waals surface area contributed by atoms with Crippen LogP contribution in [0.25, 0.3) is 0 Å². The SMILES string of the molecule is Cn1nc(C2CCOCC2)cc1NC(=O)C1NCCC1(C)C. The van der Waals surface area contributed by atoms with Crippen LogP contribution in [-0.2, 0) is 16.6 Å². The fourth-order valence-corrected chi connectivity index (χ4v) is 3.40. The number of carbonyl (C=O) groups excluding carboxylic acids is 1. The first-order valence-electron chi connectivity index (χ1n) is 8.13. The number of hydrogen-bond acceptors (Lipinski definition) is 4. The quantitative estimate of drug-likeness (QED) is 0.891. The van der Waals surface area contributed by atoms with Crippen LogP contribution >= 0.6 is 0 Å². The molecule has 1 amide bonds. The molecule has 22 heavy (non-hydrogen) atoms. The monoisotopic (exact) mass is 306 g/mol. The molecule has 6 heteroatoms. The minimum Gasteiger partial charge on any atom is -0.381 e. The van der Waals surface area contributed by atoms with Crippen LogP contribution in [0.3, 0.4) is 0 Å².